The Labute approximate surface area is 144 Å². The lowest BCUT2D eigenvalue weighted by molar-refractivity contribution is 0.0857. The molecule has 3 rings (SSSR count). The molecule has 1 atom stereocenters. The van der Waals surface area contributed by atoms with E-state index in [1.807, 2.05) is 0 Å². The molecule has 1 fully saturated rings. The zero-order valence-electron chi connectivity index (χ0n) is 12.8. The smallest absolute Gasteiger partial charge is 0.292 e. The Morgan fingerprint density at radius 3 is 2.67 bits per heavy atom. The molecule has 1 unspecified atom stereocenters. The van der Waals surface area contributed by atoms with E-state index in [1.54, 1.807) is 24.3 Å². The zero-order valence-corrected chi connectivity index (χ0v) is 13.6. The van der Waals surface area contributed by atoms with Gasteiger partial charge >= 0.3 is 0 Å². The number of aromatic nitrogens is 3. The first kappa shape index (κ1) is 17.9. The van der Waals surface area contributed by atoms with Crippen LogP contribution >= 0.6 is 12.4 Å². The van der Waals surface area contributed by atoms with Crippen LogP contribution in [-0.2, 0) is 4.74 Å². The Balaban J connectivity index is 0.00000208. The van der Waals surface area contributed by atoms with Crippen molar-refractivity contribution in [2.24, 2.45) is 0 Å². The number of hydrogen-bond acceptors (Lipinski definition) is 5. The number of rotatable bonds is 5. The lowest BCUT2D eigenvalue weighted by Gasteiger charge is -2.11. The van der Waals surface area contributed by atoms with Gasteiger partial charge in [0.25, 0.3) is 11.8 Å². The maximum atomic E-state index is 12.0. The Kier molecular flexibility index (Phi) is 6.28. The lowest BCUT2D eigenvalue weighted by Crippen LogP contribution is -2.31. The van der Waals surface area contributed by atoms with E-state index in [0.29, 0.717) is 17.8 Å². The molecule has 0 radical (unpaired) electrons. The SMILES string of the molecule is Cl.O=C(NCC1CCCO1)c1ccc(NC(=O)c2ncn[nH]2)cc1. The minimum absolute atomic E-state index is 0. The standard InChI is InChI=1S/C15H17N5O3.ClH/c21-14(16-8-12-2-1-7-23-12)10-3-5-11(6-4-10)19-15(22)13-17-9-18-20-13;/h3-6,9,12H,1-2,7-8H2,(H,16,21)(H,19,22)(H,17,18,20);1H. The van der Waals surface area contributed by atoms with Gasteiger partial charge < -0.3 is 15.4 Å². The van der Waals surface area contributed by atoms with Crippen molar-refractivity contribution in [1.82, 2.24) is 20.5 Å². The molecular weight excluding hydrogens is 334 g/mol. The van der Waals surface area contributed by atoms with Crippen LogP contribution in [0.15, 0.2) is 30.6 Å². The zero-order chi connectivity index (χ0) is 16.1. The molecule has 3 N–H and O–H groups in total. The van der Waals surface area contributed by atoms with Gasteiger partial charge in [0.1, 0.15) is 6.33 Å². The average Bonchev–Trinajstić information content (AvgIpc) is 3.26. The van der Waals surface area contributed by atoms with Gasteiger partial charge in [0, 0.05) is 24.4 Å². The van der Waals surface area contributed by atoms with E-state index in [1.165, 1.54) is 6.33 Å². The van der Waals surface area contributed by atoms with Crippen LogP contribution < -0.4 is 10.6 Å². The number of hydrogen-bond donors (Lipinski definition) is 3. The molecule has 0 spiro atoms. The number of halogens is 1. The predicted molar refractivity (Wildman–Crippen MR) is 89.3 cm³/mol. The maximum absolute atomic E-state index is 12.0. The number of carbonyl (C=O) groups is 2. The third kappa shape index (κ3) is 4.53. The monoisotopic (exact) mass is 351 g/mol. The van der Waals surface area contributed by atoms with Gasteiger partial charge in [0.2, 0.25) is 5.82 Å². The molecule has 0 aliphatic carbocycles. The number of anilines is 1. The summed E-state index contributed by atoms with van der Waals surface area (Å²) < 4.78 is 5.46. The second-order valence-electron chi connectivity index (χ2n) is 5.21. The van der Waals surface area contributed by atoms with E-state index in [-0.39, 0.29) is 30.2 Å². The van der Waals surface area contributed by atoms with E-state index in [2.05, 4.69) is 25.8 Å². The fourth-order valence-electron chi connectivity index (χ4n) is 2.32. The van der Waals surface area contributed by atoms with E-state index in [4.69, 9.17) is 4.74 Å². The Morgan fingerprint density at radius 1 is 1.25 bits per heavy atom. The van der Waals surface area contributed by atoms with Crippen LogP contribution in [0.5, 0.6) is 0 Å². The molecule has 0 saturated carbocycles. The van der Waals surface area contributed by atoms with Crippen LogP contribution in [0.4, 0.5) is 5.69 Å². The summed E-state index contributed by atoms with van der Waals surface area (Å²) in [4.78, 5) is 27.6. The van der Waals surface area contributed by atoms with Gasteiger partial charge in [0.15, 0.2) is 0 Å². The molecule has 1 saturated heterocycles. The maximum Gasteiger partial charge on any atom is 0.292 e. The summed E-state index contributed by atoms with van der Waals surface area (Å²) >= 11 is 0. The highest BCUT2D eigenvalue weighted by Crippen LogP contribution is 2.12. The molecule has 2 amide bonds. The van der Waals surface area contributed by atoms with Crippen molar-refractivity contribution in [3.05, 3.63) is 42.0 Å². The van der Waals surface area contributed by atoms with E-state index < -0.39 is 5.91 Å². The second kappa shape index (κ2) is 8.42. The van der Waals surface area contributed by atoms with E-state index in [0.717, 1.165) is 19.4 Å². The molecular formula is C15H18ClN5O3. The summed E-state index contributed by atoms with van der Waals surface area (Å²) in [6.45, 7) is 1.28. The summed E-state index contributed by atoms with van der Waals surface area (Å²) in [6.07, 6.45) is 3.39. The summed E-state index contributed by atoms with van der Waals surface area (Å²) in [5, 5.41) is 11.6. The molecule has 128 valence electrons. The van der Waals surface area contributed by atoms with Crippen LogP contribution in [0, 0.1) is 0 Å². The molecule has 1 aliphatic heterocycles. The molecule has 2 aromatic rings. The molecule has 9 heteroatoms. The van der Waals surface area contributed by atoms with Crippen molar-refractivity contribution in [3.63, 3.8) is 0 Å². The van der Waals surface area contributed by atoms with Gasteiger partial charge in [-0.1, -0.05) is 0 Å². The number of H-pyrrole nitrogens is 1. The largest absolute Gasteiger partial charge is 0.376 e. The van der Waals surface area contributed by atoms with Crippen molar-refractivity contribution >= 4 is 29.9 Å². The van der Waals surface area contributed by atoms with Gasteiger partial charge in [-0.05, 0) is 37.1 Å². The van der Waals surface area contributed by atoms with Gasteiger partial charge in [-0.2, -0.15) is 5.10 Å². The van der Waals surface area contributed by atoms with Gasteiger partial charge in [-0.15, -0.1) is 12.4 Å². The van der Waals surface area contributed by atoms with Crippen LogP contribution in [-0.4, -0.2) is 46.3 Å². The highest BCUT2D eigenvalue weighted by molar-refractivity contribution is 6.02. The Hall–Kier alpha value is -2.45. The van der Waals surface area contributed by atoms with Crippen molar-refractivity contribution < 1.29 is 14.3 Å². The highest BCUT2D eigenvalue weighted by atomic mass is 35.5. The van der Waals surface area contributed by atoms with E-state index in [9.17, 15) is 9.59 Å². The number of amides is 2. The average molecular weight is 352 g/mol. The van der Waals surface area contributed by atoms with Crippen LogP contribution in [0.1, 0.15) is 33.8 Å². The van der Waals surface area contributed by atoms with Crippen LogP contribution in [0.25, 0.3) is 0 Å². The first-order chi connectivity index (χ1) is 11.2. The molecule has 1 aromatic carbocycles. The number of ether oxygens (including phenoxy) is 1. The number of carbonyl (C=O) groups excluding carboxylic acids is 2. The number of nitrogens with zero attached hydrogens (tertiary/aromatic N) is 2. The quantitative estimate of drug-likeness (QED) is 0.754. The topological polar surface area (TPSA) is 109 Å². The third-order valence-electron chi connectivity index (χ3n) is 3.55. The van der Waals surface area contributed by atoms with Gasteiger partial charge in [0.05, 0.1) is 6.10 Å². The number of nitrogens with one attached hydrogen (secondary N) is 3. The Morgan fingerprint density at radius 2 is 2.04 bits per heavy atom. The number of benzene rings is 1. The second-order valence-corrected chi connectivity index (χ2v) is 5.21. The normalized spacial score (nSPS) is 16.2. The van der Waals surface area contributed by atoms with Crippen LogP contribution in [0.3, 0.4) is 0 Å². The van der Waals surface area contributed by atoms with Crippen molar-refractivity contribution in [3.8, 4) is 0 Å². The molecule has 1 aliphatic rings. The van der Waals surface area contributed by atoms with Crippen molar-refractivity contribution in [2.45, 2.75) is 18.9 Å². The fraction of sp³-hybridized carbons (Fsp3) is 0.333. The first-order valence-electron chi connectivity index (χ1n) is 7.39. The number of aromatic amines is 1. The third-order valence-corrected chi connectivity index (χ3v) is 3.55. The Bertz CT molecular complexity index is 669. The lowest BCUT2D eigenvalue weighted by atomic mass is 10.2. The van der Waals surface area contributed by atoms with E-state index >= 15 is 0 Å². The fourth-order valence-corrected chi connectivity index (χ4v) is 2.32. The first-order valence-corrected chi connectivity index (χ1v) is 7.39. The summed E-state index contributed by atoms with van der Waals surface area (Å²) in [5.41, 5.74) is 1.10. The predicted octanol–water partition coefficient (Wildman–Crippen LogP) is 1.39. The van der Waals surface area contributed by atoms with Crippen molar-refractivity contribution in [1.29, 1.82) is 0 Å². The summed E-state index contributed by atoms with van der Waals surface area (Å²) in [5.74, 6) is -0.421. The molecule has 1 aromatic heterocycles. The minimum atomic E-state index is -0.391. The van der Waals surface area contributed by atoms with Crippen LogP contribution in [0.2, 0.25) is 0 Å². The van der Waals surface area contributed by atoms with Gasteiger partial charge in [-0.25, -0.2) is 4.98 Å². The highest BCUT2D eigenvalue weighted by Gasteiger charge is 2.16. The molecule has 24 heavy (non-hydrogen) atoms. The molecule has 8 nitrogen and oxygen atoms in total. The summed E-state index contributed by atoms with van der Waals surface area (Å²) in [6, 6.07) is 6.63. The van der Waals surface area contributed by atoms with Gasteiger partial charge in [-0.3, -0.25) is 14.7 Å². The summed E-state index contributed by atoms with van der Waals surface area (Å²) in [7, 11) is 0. The molecule has 2 heterocycles. The van der Waals surface area contributed by atoms with Crippen molar-refractivity contribution in [2.75, 3.05) is 18.5 Å². The molecule has 0 bridgehead atoms. The minimum Gasteiger partial charge on any atom is -0.376 e.